The molecule has 1 N–H and O–H groups in total. The van der Waals surface area contributed by atoms with Crippen molar-refractivity contribution in [2.75, 3.05) is 0 Å². The Balaban J connectivity index is 3.43. The molecule has 0 aliphatic heterocycles. The Morgan fingerprint density at radius 1 is 0.957 bits per heavy atom. The summed E-state index contributed by atoms with van der Waals surface area (Å²) in [5, 5.41) is 9.09. The van der Waals surface area contributed by atoms with Gasteiger partial charge in [-0.2, -0.15) is 26.3 Å². The summed E-state index contributed by atoms with van der Waals surface area (Å²) in [6.07, 6.45) is -10.7. The van der Waals surface area contributed by atoms with E-state index in [-0.39, 0.29) is 12.8 Å². The summed E-state index contributed by atoms with van der Waals surface area (Å²) in [5.74, 6) is -1.01. The van der Waals surface area contributed by atoms with E-state index in [4.69, 9.17) is 5.26 Å². The van der Waals surface area contributed by atoms with Crippen molar-refractivity contribution in [1.82, 2.24) is 0 Å². The van der Waals surface area contributed by atoms with E-state index < -0.39 is 41.6 Å². The smallest absolute Gasteiger partial charge is 0.251 e. The molecule has 0 spiro atoms. The van der Waals surface area contributed by atoms with Crippen molar-refractivity contribution < 1.29 is 36.5 Å². The van der Waals surface area contributed by atoms with Gasteiger partial charge in [0.15, 0.2) is 0 Å². The molecule has 8 heteroatoms. The van der Waals surface area contributed by atoms with Gasteiger partial charge in [0, 0.05) is 0 Å². The van der Waals surface area contributed by atoms with E-state index in [0.29, 0.717) is 19.8 Å². The minimum Gasteiger partial charge on any atom is -0.251 e. The summed E-state index contributed by atoms with van der Waals surface area (Å²) in [6.45, 7) is 2.58. The van der Waals surface area contributed by atoms with E-state index in [0.717, 1.165) is 20.3 Å². The molecule has 138 valence electrons. The SMILES string of the molecule is CCC(C)(C(OO)C(C)(C1CCCCC1)C(F)(F)F)C(F)(F)F. The van der Waals surface area contributed by atoms with E-state index in [2.05, 4.69) is 4.89 Å². The maximum Gasteiger partial charge on any atom is 0.397 e. The zero-order chi connectivity index (χ0) is 18.1. The number of halogens is 6. The second-order valence-corrected chi connectivity index (χ2v) is 6.87. The zero-order valence-electron chi connectivity index (χ0n) is 13.5. The van der Waals surface area contributed by atoms with E-state index in [9.17, 15) is 26.3 Å². The second kappa shape index (κ2) is 6.78. The van der Waals surface area contributed by atoms with Gasteiger partial charge in [0.05, 0.1) is 10.8 Å². The van der Waals surface area contributed by atoms with Crippen LogP contribution in [0.4, 0.5) is 26.3 Å². The summed E-state index contributed by atoms with van der Waals surface area (Å²) in [5.41, 5.74) is -5.58. The highest BCUT2D eigenvalue weighted by Crippen LogP contribution is 2.59. The standard InChI is InChI=1S/C15H24F6O2/c1-4-12(2,14(16,17)18)11(23-22)13(3,15(19,20)21)10-8-6-5-7-9-10/h10-11,22H,4-9H2,1-3H3. The molecule has 1 fully saturated rings. The van der Waals surface area contributed by atoms with Crippen molar-refractivity contribution in [2.45, 2.75) is 77.8 Å². The van der Waals surface area contributed by atoms with Gasteiger partial charge in [0.25, 0.3) is 0 Å². The quantitative estimate of drug-likeness (QED) is 0.376. The Morgan fingerprint density at radius 3 is 1.74 bits per heavy atom. The average Bonchev–Trinajstić information content (AvgIpc) is 2.45. The molecule has 0 amide bonds. The maximum atomic E-state index is 13.8. The van der Waals surface area contributed by atoms with Gasteiger partial charge < -0.3 is 0 Å². The van der Waals surface area contributed by atoms with E-state index in [1.807, 2.05) is 0 Å². The minimum absolute atomic E-state index is 0.174. The summed E-state index contributed by atoms with van der Waals surface area (Å²) in [4.78, 5) is 3.94. The molecule has 1 rings (SSSR count). The molecule has 0 saturated heterocycles. The molecule has 0 radical (unpaired) electrons. The molecule has 1 aliphatic rings. The van der Waals surface area contributed by atoms with Gasteiger partial charge in [-0.05, 0) is 39.0 Å². The number of alkyl halides is 6. The first kappa shape index (κ1) is 20.5. The van der Waals surface area contributed by atoms with Gasteiger partial charge in [-0.3, -0.25) is 5.26 Å². The van der Waals surface area contributed by atoms with Gasteiger partial charge in [-0.1, -0.05) is 26.2 Å². The van der Waals surface area contributed by atoms with Gasteiger partial charge in [-0.25, -0.2) is 4.89 Å². The first-order chi connectivity index (χ1) is 10.4. The number of hydrogen-bond acceptors (Lipinski definition) is 2. The summed E-state index contributed by atoms with van der Waals surface area (Å²) in [6, 6.07) is 0. The van der Waals surface area contributed by atoms with Gasteiger partial charge in [0.1, 0.15) is 6.10 Å². The van der Waals surface area contributed by atoms with Crippen LogP contribution >= 0.6 is 0 Å². The summed E-state index contributed by atoms with van der Waals surface area (Å²) >= 11 is 0. The van der Waals surface area contributed by atoms with Crippen LogP contribution in [0.3, 0.4) is 0 Å². The van der Waals surface area contributed by atoms with Crippen LogP contribution in [-0.4, -0.2) is 23.7 Å². The van der Waals surface area contributed by atoms with Crippen molar-refractivity contribution in [3.05, 3.63) is 0 Å². The first-order valence-electron chi connectivity index (χ1n) is 7.80. The van der Waals surface area contributed by atoms with Crippen molar-refractivity contribution in [3.63, 3.8) is 0 Å². The van der Waals surface area contributed by atoms with Gasteiger partial charge in [0.2, 0.25) is 0 Å². The van der Waals surface area contributed by atoms with Gasteiger partial charge >= 0.3 is 12.4 Å². The predicted octanol–water partition coefficient (Wildman–Crippen LogP) is 5.97. The molecule has 0 heterocycles. The topological polar surface area (TPSA) is 29.5 Å². The molecule has 1 aliphatic carbocycles. The van der Waals surface area contributed by atoms with E-state index >= 15 is 0 Å². The predicted molar refractivity (Wildman–Crippen MR) is 72.7 cm³/mol. The van der Waals surface area contributed by atoms with Crippen molar-refractivity contribution in [2.24, 2.45) is 16.7 Å². The Bertz CT molecular complexity index is 388. The Morgan fingerprint density at radius 2 is 1.43 bits per heavy atom. The molecule has 23 heavy (non-hydrogen) atoms. The monoisotopic (exact) mass is 350 g/mol. The fourth-order valence-corrected chi connectivity index (χ4v) is 3.72. The number of hydrogen-bond donors (Lipinski definition) is 1. The maximum absolute atomic E-state index is 13.8. The highest BCUT2D eigenvalue weighted by Gasteiger charge is 2.70. The van der Waals surface area contributed by atoms with E-state index in [1.54, 1.807) is 0 Å². The van der Waals surface area contributed by atoms with Crippen LogP contribution in [-0.2, 0) is 4.89 Å². The third-order valence-corrected chi connectivity index (χ3v) is 5.67. The highest BCUT2D eigenvalue weighted by atomic mass is 19.4. The van der Waals surface area contributed by atoms with Crippen LogP contribution in [0, 0.1) is 16.7 Å². The number of rotatable bonds is 5. The molecule has 1 saturated carbocycles. The van der Waals surface area contributed by atoms with Crippen molar-refractivity contribution in [1.29, 1.82) is 0 Å². The first-order valence-corrected chi connectivity index (χ1v) is 7.80. The Kier molecular flexibility index (Phi) is 6.06. The van der Waals surface area contributed by atoms with Gasteiger partial charge in [-0.15, -0.1) is 0 Å². The van der Waals surface area contributed by atoms with Crippen LogP contribution in [0.15, 0.2) is 0 Å². The van der Waals surface area contributed by atoms with Crippen LogP contribution in [0.1, 0.15) is 59.3 Å². The Hall–Kier alpha value is -0.500. The third kappa shape index (κ3) is 3.48. The lowest BCUT2D eigenvalue weighted by Gasteiger charge is -2.50. The van der Waals surface area contributed by atoms with Crippen molar-refractivity contribution in [3.8, 4) is 0 Å². The highest BCUT2D eigenvalue weighted by molar-refractivity contribution is 5.04. The summed E-state index contributed by atoms with van der Waals surface area (Å²) < 4.78 is 81.9. The average molecular weight is 350 g/mol. The lowest BCUT2D eigenvalue weighted by Crippen LogP contribution is -2.61. The Labute approximate surface area is 132 Å². The lowest BCUT2D eigenvalue weighted by molar-refractivity contribution is -0.407. The minimum atomic E-state index is -4.93. The van der Waals surface area contributed by atoms with Crippen LogP contribution < -0.4 is 0 Å². The summed E-state index contributed by atoms with van der Waals surface area (Å²) in [7, 11) is 0. The van der Waals surface area contributed by atoms with Crippen molar-refractivity contribution >= 4 is 0 Å². The molecule has 0 aromatic carbocycles. The van der Waals surface area contributed by atoms with Crippen LogP contribution in [0.25, 0.3) is 0 Å². The lowest BCUT2D eigenvalue weighted by atomic mass is 9.59. The molecule has 3 unspecified atom stereocenters. The third-order valence-electron chi connectivity index (χ3n) is 5.67. The molecule has 2 nitrogen and oxygen atoms in total. The van der Waals surface area contributed by atoms with Crippen LogP contribution in [0.2, 0.25) is 0 Å². The normalized spacial score (nSPS) is 24.8. The molecule has 0 aromatic heterocycles. The largest absolute Gasteiger partial charge is 0.397 e. The fraction of sp³-hybridized carbons (Fsp3) is 1.00. The zero-order valence-corrected chi connectivity index (χ0v) is 13.5. The fourth-order valence-electron chi connectivity index (χ4n) is 3.72. The second-order valence-electron chi connectivity index (χ2n) is 6.87. The molecule has 3 atom stereocenters. The molecular weight excluding hydrogens is 326 g/mol. The molecule has 0 aromatic rings. The van der Waals surface area contributed by atoms with Crippen LogP contribution in [0.5, 0.6) is 0 Å². The molecular formula is C15H24F6O2. The molecule has 0 bridgehead atoms. The van der Waals surface area contributed by atoms with E-state index in [1.165, 1.54) is 0 Å².